The van der Waals surface area contributed by atoms with Gasteiger partial charge < -0.3 is 14.6 Å². The third kappa shape index (κ3) is 4.52. The molecule has 0 aliphatic rings. The van der Waals surface area contributed by atoms with Crippen LogP contribution in [-0.4, -0.2) is 37.4 Å². The number of rotatable bonds is 6. The first kappa shape index (κ1) is 20.3. The summed E-state index contributed by atoms with van der Waals surface area (Å²) >= 11 is 0. The van der Waals surface area contributed by atoms with Crippen molar-refractivity contribution in [1.82, 2.24) is 30.2 Å². The van der Waals surface area contributed by atoms with Crippen LogP contribution in [0.15, 0.2) is 28.9 Å². The van der Waals surface area contributed by atoms with Crippen LogP contribution in [0, 0.1) is 0 Å². The van der Waals surface area contributed by atoms with Crippen molar-refractivity contribution >= 4 is 5.91 Å². The lowest BCUT2D eigenvalue weighted by Gasteiger charge is -2.09. The Labute approximate surface area is 162 Å². The zero-order chi connectivity index (χ0) is 21.2. The summed E-state index contributed by atoms with van der Waals surface area (Å²) in [5.74, 6) is -0.0228. The third-order valence-corrected chi connectivity index (χ3v) is 3.85. The molecule has 3 aromatic rings. The van der Waals surface area contributed by atoms with Crippen LogP contribution >= 0.6 is 0 Å². The lowest BCUT2D eigenvalue weighted by molar-refractivity contribution is -0.141. The van der Waals surface area contributed by atoms with E-state index in [9.17, 15) is 18.0 Å². The van der Waals surface area contributed by atoms with Gasteiger partial charge in [0.25, 0.3) is 5.91 Å². The monoisotopic (exact) mass is 410 g/mol. The number of nitrogens with zero attached hydrogens (tertiary/aromatic N) is 5. The van der Waals surface area contributed by atoms with E-state index in [4.69, 9.17) is 9.26 Å². The fourth-order valence-corrected chi connectivity index (χ4v) is 2.45. The molecule has 0 aliphatic heterocycles. The van der Waals surface area contributed by atoms with Crippen LogP contribution in [0.4, 0.5) is 13.2 Å². The SMILES string of the molecule is CCOc1cc(-c2noc([C@H](C)NC(=O)c3cc(C(F)(F)F)nn3C)n2)ccn1. The van der Waals surface area contributed by atoms with Gasteiger partial charge in [-0.2, -0.15) is 23.3 Å². The van der Waals surface area contributed by atoms with Crippen molar-refractivity contribution in [2.24, 2.45) is 7.05 Å². The van der Waals surface area contributed by atoms with E-state index in [1.807, 2.05) is 6.92 Å². The van der Waals surface area contributed by atoms with Crippen molar-refractivity contribution in [3.63, 3.8) is 0 Å². The number of hydrogen-bond acceptors (Lipinski definition) is 7. The molecule has 0 aromatic carbocycles. The first-order valence-electron chi connectivity index (χ1n) is 8.54. The Balaban J connectivity index is 1.74. The van der Waals surface area contributed by atoms with E-state index >= 15 is 0 Å². The quantitative estimate of drug-likeness (QED) is 0.666. The molecule has 0 unspecified atom stereocenters. The van der Waals surface area contributed by atoms with Gasteiger partial charge in [-0.3, -0.25) is 9.48 Å². The van der Waals surface area contributed by atoms with Gasteiger partial charge in [0.1, 0.15) is 11.7 Å². The highest BCUT2D eigenvalue weighted by molar-refractivity contribution is 5.92. The molecule has 3 heterocycles. The van der Waals surface area contributed by atoms with Crippen molar-refractivity contribution in [2.75, 3.05) is 6.61 Å². The summed E-state index contributed by atoms with van der Waals surface area (Å²) in [6.07, 6.45) is -3.11. The smallest absolute Gasteiger partial charge is 0.435 e. The number of alkyl halides is 3. The number of ether oxygens (including phenoxy) is 1. The highest BCUT2D eigenvalue weighted by Gasteiger charge is 2.35. The van der Waals surface area contributed by atoms with E-state index in [0.29, 0.717) is 24.1 Å². The number of nitrogens with one attached hydrogen (secondary N) is 1. The van der Waals surface area contributed by atoms with Crippen molar-refractivity contribution in [2.45, 2.75) is 26.1 Å². The van der Waals surface area contributed by atoms with E-state index in [2.05, 4.69) is 25.5 Å². The van der Waals surface area contributed by atoms with Gasteiger partial charge in [-0.05, 0) is 19.9 Å². The maximum atomic E-state index is 12.8. The Kier molecular flexibility index (Phi) is 5.52. The molecular weight excluding hydrogens is 393 g/mol. The lowest BCUT2D eigenvalue weighted by Crippen LogP contribution is -2.28. The van der Waals surface area contributed by atoms with E-state index < -0.39 is 23.8 Å². The molecule has 0 saturated heterocycles. The molecule has 1 atom stereocenters. The standard InChI is InChI=1S/C17H17F3N6O3/c1-4-28-13-7-10(5-6-21-13)14-23-16(29-25-14)9(2)22-15(27)11-8-12(17(18,19)20)24-26(11)3/h5-9H,4H2,1-3H3,(H,22,27)/t9-/m0/s1. The summed E-state index contributed by atoms with van der Waals surface area (Å²) in [5, 5.41) is 9.68. The molecule has 0 fully saturated rings. The van der Waals surface area contributed by atoms with Crippen molar-refractivity contribution in [1.29, 1.82) is 0 Å². The average Bonchev–Trinajstić information content (AvgIpc) is 3.29. The molecule has 1 N–H and O–H groups in total. The van der Waals surface area contributed by atoms with Crippen LogP contribution in [0.1, 0.15) is 42.0 Å². The Morgan fingerprint density at radius 1 is 1.38 bits per heavy atom. The molecule has 0 spiro atoms. The van der Waals surface area contributed by atoms with Gasteiger partial charge in [-0.15, -0.1) is 0 Å². The number of carbonyl (C=O) groups is 1. The second-order valence-corrected chi connectivity index (χ2v) is 6.00. The molecule has 0 saturated carbocycles. The Morgan fingerprint density at radius 3 is 2.79 bits per heavy atom. The Morgan fingerprint density at radius 2 is 2.14 bits per heavy atom. The highest BCUT2D eigenvalue weighted by Crippen LogP contribution is 2.28. The summed E-state index contributed by atoms with van der Waals surface area (Å²) < 4.78 is 49.6. The maximum Gasteiger partial charge on any atom is 0.435 e. The predicted octanol–water partition coefficient (Wildman–Crippen LogP) is 2.77. The number of halogens is 3. The molecule has 154 valence electrons. The molecule has 1 amide bonds. The molecule has 0 aliphatic carbocycles. The molecule has 9 nitrogen and oxygen atoms in total. The summed E-state index contributed by atoms with van der Waals surface area (Å²) in [5.41, 5.74) is -0.807. The Bertz CT molecular complexity index is 1010. The molecule has 3 aromatic heterocycles. The van der Waals surface area contributed by atoms with Gasteiger partial charge in [0.15, 0.2) is 5.69 Å². The first-order chi connectivity index (χ1) is 13.7. The molecule has 0 bridgehead atoms. The number of aromatic nitrogens is 5. The van der Waals surface area contributed by atoms with Gasteiger partial charge in [-0.25, -0.2) is 4.98 Å². The average molecular weight is 410 g/mol. The minimum absolute atomic E-state index is 0.0846. The van der Waals surface area contributed by atoms with Crippen LogP contribution in [-0.2, 0) is 13.2 Å². The van der Waals surface area contributed by atoms with Crippen LogP contribution in [0.2, 0.25) is 0 Å². The largest absolute Gasteiger partial charge is 0.478 e. The summed E-state index contributed by atoms with van der Waals surface area (Å²) in [6, 6.07) is 3.22. The fraction of sp³-hybridized carbons (Fsp3) is 0.353. The van der Waals surface area contributed by atoms with Gasteiger partial charge in [-0.1, -0.05) is 5.16 Å². The molecule has 3 rings (SSSR count). The van der Waals surface area contributed by atoms with Crippen molar-refractivity contribution in [3.8, 4) is 17.3 Å². The maximum absolute atomic E-state index is 12.8. The van der Waals surface area contributed by atoms with Gasteiger partial charge >= 0.3 is 6.18 Å². The van der Waals surface area contributed by atoms with E-state index in [0.717, 1.165) is 4.68 Å². The molecular formula is C17H17F3N6O3. The van der Waals surface area contributed by atoms with Crippen molar-refractivity contribution in [3.05, 3.63) is 41.7 Å². The minimum Gasteiger partial charge on any atom is -0.478 e. The van der Waals surface area contributed by atoms with E-state index in [-0.39, 0.29) is 17.4 Å². The van der Waals surface area contributed by atoms with Crippen LogP contribution in [0.25, 0.3) is 11.4 Å². The first-order valence-corrected chi connectivity index (χ1v) is 8.54. The summed E-state index contributed by atoms with van der Waals surface area (Å²) in [6.45, 7) is 3.83. The molecule has 0 radical (unpaired) electrons. The molecule has 12 heteroatoms. The van der Waals surface area contributed by atoms with E-state index in [1.165, 1.54) is 13.2 Å². The zero-order valence-corrected chi connectivity index (χ0v) is 15.7. The second-order valence-electron chi connectivity index (χ2n) is 6.00. The van der Waals surface area contributed by atoms with Crippen molar-refractivity contribution < 1.29 is 27.2 Å². The van der Waals surface area contributed by atoms with Crippen LogP contribution < -0.4 is 10.1 Å². The third-order valence-electron chi connectivity index (χ3n) is 3.85. The minimum atomic E-state index is -4.64. The number of amides is 1. The lowest BCUT2D eigenvalue weighted by atomic mass is 10.2. The predicted molar refractivity (Wildman–Crippen MR) is 92.8 cm³/mol. The van der Waals surface area contributed by atoms with Crippen LogP contribution in [0.5, 0.6) is 5.88 Å². The summed E-state index contributed by atoms with van der Waals surface area (Å²) in [7, 11) is 1.25. The normalized spacial score (nSPS) is 12.6. The number of carbonyl (C=O) groups excluding carboxylic acids is 1. The highest BCUT2D eigenvalue weighted by atomic mass is 19.4. The second kappa shape index (κ2) is 7.89. The number of hydrogen-bond donors (Lipinski definition) is 1. The van der Waals surface area contributed by atoms with Crippen LogP contribution in [0.3, 0.4) is 0 Å². The summed E-state index contributed by atoms with van der Waals surface area (Å²) in [4.78, 5) is 20.6. The number of aryl methyl sites for hydroxylation is 1. The van der Waals surface area contributed by atoms with Gasteiger partial charge in [0.2, 0.25) is 17.6 Å². The zero-order valence-electron chi connectivity index (χ0n) is 15.7. The molecule has 29 heavy (non-hydrogen) atoms. The fourth-order valence-electron chi connectivity index (χ4n) is 2.45. The Hall–Kier alpha value is -3.44. The van der Waals surface area contributed by atoms with Gasteiger partial charge in [0.05, 0.1) is 6.61 Å². The topological polar surface area (TPSA) is 108 Å². The number of pyridine rings is 1. The van der Waals surface area contributed by atoms with Gasteiger partial charge in [0, 0.05) is 30.9 Å². The van der Waals surface area contributed by atoms with E-state index in [1.54, 1.807) is 19.1 Å².